The molecule has 9 N–H and O–H groups in total. The van der Waals surface area contributed by atoms with E-state index in [0.717, 1.165) is 195 Å². The molecule has 5 aromatic carbocycles. The number of anilines is 9. The molecule has 19 heterocycles. The summed E-state index contributed by atoms with van der Waals surface area (Å²) in [5.74, 6) is 3.31. The third kappa shape index (κ3) is 21.1. The topological polar surface area (TPSA) is 447 Å². The summed E-state index contributed by atoms with van der Waals surface area (Å²) in [6.45, 7) is 28.4. The molecular weight excluding hydrogens is 1870 g/mol. The predicted molar refractivity (Wildman–Crippen MR) is 547 cm³/mol. The van der Waals surface area contributed by atoms with Gasteiger partial charge in [-0.25, -0.2) is 28.5 Å². The van der Waals surface area contributed by atoms with E-state index in [1.807, 2.05) is 133 Å². The van der Waals surface area contributed by atoms with Gasteiger partial charge in [-0.1, -0.05) is 6.07 Å². The molecule has 0 aliphatic carbocycles. The second-order valence-electron chi connectivity index (χ2n) is 39.4. The summed E-state index contributed by atoms with van der Waals surface area (Å²) >= 11 is 0. The highest BCUT2D eigenvalue weighted by Crippen LogP contribution is 2.49. The van der Waals surface area contributed by atoms with E-state index in [0.29, 0.717) is 123 Å². The number of benzene rings is 5. The quantitative estimate of drug-likeness (QED) is 0.0385. The molecule has 24 rings (SSSR count). The van der Waals surface area contributed by atoms with E-state index in [1.165, 1.54) is 18.9 Å². The maximum absolute atomic E-state index is 13.1. The van der Waals surface area contributed by atoms with Crippen LogP contribution in [0.4, 0.5) is 51.2 Å². The predicted octanol–water partition coefficient (Wildman–Crippen LogP) is 12.8. The molecule has 10 aromatic heterocycles. The normalized spacial score (nSPS) is 19.0. The standard InChI is InChI=1S/C22H24N4O4.C22H24N4O3.2C21H23N5O4.C21H21N3O3/c1-22(14-27)13-15-11-17(19(12-20(15)30-22)25-7-9-29-10-8-25)24-21(28)18-5-4-16-3-2-6-23-26(16)18;1-22(2)12-14-10-17(18(11-19(14)29-22)26-6-8-28-9-7-26)25-21(27)15-13-24-16-4-3-5-23-20(15)16;2*1-21(12-27)10-14-8-16(18(9-19(14)30-21)25-4-6-29-7-5-25)24-20(28)17-3-2-15-11-22-13-23-26(15)17;1-12-5-6-16(23-10-12)15-8-18-14(9-21(3,4)27-18)7-17(15)24-20(25)19-11-22-13(2)26-19/h2-6,11-12,27H,7-10,13-14H2,1H3,(H,24,28);3-5,10-11,13,24H,6-9,12H2,1-2H3,(H,25,27);2*2-3,8-9,11,13,27H,4-7,10,12H2,1H3,(H,24,28);5-8,10-11H,9H2,1-4H3,(H,24,25)/t22-;;2*21-;/m0.10./s1. The molecule has 756 valence electrons. The molecule has 39 nitrogen and oxygen atoms in total. The number of pyridine rings is 2. The molecule has 3 atom stereocenters. The number of carbonyl (C=O) groups is 5. The maximum Gasteiger partial charge on any atom is 0.293 e. The first kappa shape index (κ1) is 97.8. The van der Waals surface area contributed by atoms with Crippen molar-refractivity contribution >= 4 is 108 Å². The summed E-state index contributed by atoms with van der Waals surface area (Å²) in [4.78, 5) is 97.7. The van der Waals surface area contributed by atoms with Crippen molar-refractivity contribution in [3.05, 3.63) is 257 Å². The molecule has 9 aliphatic rings. The summed E-state index contributed by atoms with van der Waals surface area (Å²) in [6.07, 6.45) is 17.7. The van der Waals surface area contributed by atoms with Crippen LogP contribution in [0.15, 0.2) is 194 Å². The highest BCUT2D eigenvalue weighted by Gasteiger charge is 2.42. The Balaban J connectivity index is 0.000000111. The first-order valence-electron chi connectivity index (χ1n) is 48.8. The summed E-state index contributed by atoms with van der Waals surface area (Å²) in [5, 5.41) is 57.1. The van der Waals surface area contributed by atoms with E-state index in [-0.39, 0.29) is 66.3 Å². The van der Waals surface area contributed by atoms with Crippen LogP contribution in [0, 0.1) is 13.8 Å². The summed E-state index contributed by atoms with van der Waals surface area (Å²) < 4.78 is 62.3. The number of amides is 5. The van der Waals surface area contributed by atoms with Gasteiger partial charge in [-0.05, 0) is 164 Å². The van der Waals surface area contributed by atoms with E-state index >= 15 is 0 Å². The number of H-pyrrole nitrogens is 1. The molecule has 9 aliphatic heterocycles. The van der Waals surface area contributed by atoms with Crippen molar-refractivity contribution in [3.63, 3.8) is 0 Å². The van der Waals surface area contributed by atoms with Crippen LogP contribution in [0.2, 0.25) is 0 Å². The van der Waals surface area contributed by atoms with Crippen molar-refractivity contribution in [1.82, 2.24) is 58.7 Å². The van der Waals surface area contributed by atoms with Gasteiger partial charge in [-0.15, -0.1) is 0 Å². The van der Waals surface area contributed by atoms with Crippen LogP contribution in [-0.4, -0.2) is 257 Å². The number of hydrogen-bond acceptors (Lipinski definition) is 30. The molecular formula is C107H115N21O18. The number of carbonyl (C=O) groups excluding carboxylic acids is 5. The van der Waals surface area contributed by atoms with Crippen LogP contribution in [0.5, 0.6) is 28.7 Å². The average Bonchev–Trinajstić information content (AvgIpc) is 1.49. The van der Waals surface area contributed by atoms with Crippen molar-refractivity contribution in [1.29, 1.82) is 0 Å². The Labute approximate surface area is 839 Å². The van der Waals surface area contributed by atoms with Gasteiger partial charge in [0.1, 0.15) is 92.0 Å². The number of nitrogens with zero attached hydrogens (tertiary/aromatic N) is 15. The molecule has 15 aromatic rings. The fourth-order valence-electron chi connectivity index (χ4n) is 19.5. The molecule has 0 saturated carbocycles. The molecule has 5 amide bonds. The Kier molecular flexibility index (Phi) is 27.4. The SMILES string of the molecule is CC1(C)Cc2cc(NC(=O)c3c[nH]c4cccnc34)c(N3CCOCC3)cc2O1.C[C@@]1(CO)Cc2cc(NC(=O)c3ccc4cccnn34)c(N3CCOCC3)cc2O1.C[C@@]1(CO)Cc2cc(NC(=O)c3ccc4cncnn34)c(N3CCOCC3)cc2O1.C[C@]1(CO)Cc2cc(NC(=O)c3ccc4cncnn34)c(N3CCOCC3)cc2O1.Cc1ccc(-c2cc3c(cc2NC(=O)c2cnc(C)o2)CC(C)(C)O3)nc1. The molecule has 0 spiro atoms. The van der Waals surface area contributed by atoms with E-state index in [9.17, 15) is 39.3 Å². The van der Waals surface area contributed by atoms with Gasteiger partial charge in [0, 0.05) is 174 Å². The monoisotopic (exact) mass is 1980 g/mol. The Morgan fingerprint density at radius 2 is 0.774 bits per heavy atom. The van der Waals surface area contributed by atoms with E-state index in [2.05, 4.69) is 117 Å². The number of morpholine rings is 4. The van der Waals surface area contributed by atoms with Crippen molar-refractivity contribution in [2.45, 2.75) is 122 Å². The van der Waals surface area contributed by atoms with Gasteiger partial charge in [0.2, 0.25) is 5.76 Å². The number of aromatic nitrogens is 12. The lowest BCUT2D eigenvalue weighted by atomic mass is 9.98. The Hall–Kier alpha value is -15.7. The minimum absolute atomic E-state index is 0.0714. The second kappa shape index (κ2) is 40.9. The summed E-state index contributed by atoms with van der Waals surface area (Å²) in [7, 11) is 0. The lowest BCUT2D eigenvalue weighted by Crippen LogP contribution is -2.37. The zero-order valence-corrected chi connectivity index (χ0v) is 82.5. The number of fused-ring (bicyclic) bond motifs is 9. The van der Waals surface area contributed by atoms with Crippen LogP contribution in [0.1, 0.15) is 140 Å². The number of aliphatic hydroxyl groups excluding tert-OH is 3. The molecule has 0 bridgehead atoms. The van der Waals surface area contributed by atoms with Crippen molar-refractivity contribution in [2.24, 2.45) is 0 Å². The molecule has 39 heteroatoms. The fraction of sp³-hybridized carbons (Fsp3) is 0.355. The minimum atomic E-state index is -0.651. The van der Waals surface area contributed by atoms with Gasteiger partial charge in [0.25, 0.3) is 29.5 Å². The third-order valence-electron chi connectivity index (χ3n) is 26.8. The zero-order valence-electron chi connectivity index (χ0n) is 82.5. The van der Waals surface area contributed by atoms with Crippen LogP contribution in [0.3, 0.4) is 0 Å². The number of aliphatic hydroxyl groups is 3. The van der Waals surface area contributed by atoms with E-state index in [1.54, 1.807) is 88.0 Å². The molecule has 4 saturated heterocycles. The number of aromatic amines is 1. The molecule has 0 unspecified atom stereocenters. The number of oxazole rings is 1. The lowest BCUT2D eigenvalue weighted by molar-refractivity contribution is 0.0446. The maximum atomic E-state index is 13.1. The minimum Gasteiger partial charge on any atom is -0.487 e. The van der Waals surface area contributed by atoms with Gasteiger partial charge >= 0.3 is 0 Å². The second-order valence-corrected chi connectivity index (χ2v) is 39.4. The highest BCUT2D eigenvalue weighted by atomic mass is 16.5. The Morgan fingerprint density at radius 3 is 1.19 bits per heavy atom. The highest BCUT2D eigenvalue weighted by molar-refractivity contribution is 6.13. The van der Waals surface area contributed by atoms with Gasteiger partial charge < -0.3 is 114 Å². The Morgan fingerprint density at radius 1 is 0.384 bits per heavy atom. The van der Waals surface area contributed by atoms with Gasteiger partial charge in [-0.3, -0.25) is 33.9 Å². The average molecular weight is 1980 g/mol. The van der Waals surface area contributed by atoms with Crippen LogP contribution < -0.4 is 69.9 Å². The molecule has 0 radical (unpaired) electrons. The number of nitrogens with one attached hydrogen (secondary N) is 6. The Bertz CT molecular complexity index is 7020. The lowest BCUT2D eigenvalue weighted by Gasteiger charge is -2.31. The zero-order chi connectivity index (χ0) is 101. The van der Waals surface area contributed by atoms with E-state index < -0.39 is 16.8 Å². The first-order chi connectivity index (χ1) is 70.5. The van der Waals surface area contributed by atoms with Crippen LogP contribution in [0.25, 0.3) is 38.8 Å². The fourth-order valence-corrected chi connectivity index (χ4v) is 19.5. The first-order valence-corrected chi connectivity index (χ1v) is 48.8. The van der Waals surface area contributed by atoms with E-state index in [4.69, 9.17) is 47.0 Å². The number of hydrogen-bond donors (Lipinski definition) is 9. The molecule has 4 fully saturated rings. The van der Waals surface area contributed by atoms with Crippen molar-refractivity contribution in [2.75, 3.05) is 171 Å². The van der Waals surface area contributed by atoms with Crippen LogP contribution >= 0.6 is 0 Å². The third-order valence-corrected chi connectivity index (χ3v) is 26.8. The summed E-state index contributed by atoms with van der Waals surface area (Å²) in [6, 6.07) is 41.9. The van der Waals surface area contributed by atoms with Gasteiger partial charge in [0.05, 0.1) is 176 Å². The number of aryl methyl sites for hydroxylation is 2. The van der Waals surface area contributed by atoms with Crippen LogP contribution in [-0.2, 0) is 51.1 Å². The van der Waals surface area contributed by atoms with Crippen molar-refractivity contribution < 1.29 is 86.3 Å². The number of ether oxygens (including phenoxy) is 9. The smallest absolute Gasteiger partial charge is 0.293 e. The van der Waals surface area contributed by atoms with Gasteiger partial charge in [0.15, 0.2) is 5.89 Å². The number of rotatable bonds is 18. The largest absolute Gasteiger partial charge is 0.487 e. The molecule has 146 heavy (non-hydrogen) atoms. The van der Waals surface area contributed by atoms with Gasteiger partial charge in [-0.2, -0.15) is 15.3 Å². The summed E-state index contributed by atoms with van der Waals surface area (Å²) in [5.41, 5.74) is 18.2. The van der Waals surface area contributed by atoms with Crippen molar-refractivity contribution in [3.8, 4) is 40.0 Å².